The number of aryl methyl sites for hydroxylation is 1. The Morgan fingerprint density at radius 2 is 2.47 bits per heavy atom. The Balaban J connectivity index is 2.57. The van der Waals surface area contributed by atoms with Crippen molar-refractivity contribution in [3.8, 4) is 0 Å². The molecule has 0 saturated carbocycles. The minimum Gasteiger partial charge on any atom is -0.364 e. The quantitative estimate of drug-likeness (QED) is 0.729. The monoisotopic (exact) mass is 208 g/mol. The molecule has 0 fully saturated rings. The maximum atomic E-state index is 11.2. The predicted molar refractivity (Wildman–Crippen MR) is 56.5 cm³/mol. The van der Waals surface area contributed by atoms with Gasteiger partial charge in [-0.3, -0.25) is 4.79 Å². The zero-order valence-corrected chi connectivity index (χ0v) is 9.08. The normalized spacial score (nSPS) is 20.0. The highest BCUT2D eigenvalue weighted by atomic mass is 16.1. The number of carbonyl (C=O) groups is 1. The van der Waals surface area contributed by atoms with Crippen LogP contribution >= 0.6 is 0 Å². The lowest BCUT2D eigenvalue weighted by atomic mass is 10.2. The zero-order chi connectivity index (χ0) is 11.0. The van der Waals surface area contributed by atoms with Crippen LogP contribution in [0.1, 0.15) is 41.9 Å². The average molecular weight is 208 g/mol. The van der Waals surface area contributed by atoms with Gasteiger partial charge in [-0.2, -0.15) is 0 Å². The first-order valence-electron chi connectivity index (χ1n) is 5.25. The summed E-state index contributed by atoms with van der Waals surface area (Å²) in [6, 6.07) is 0.337. The third kappa shape index (κ3) is 1.52. The Hall–Kier alpha value is -1.36. The standard InChI is InChI=1S/C10H16N4O/c1-3-8-13-9(10(11)15)7-5-12-4-6(2)14(7)8/h6,12H,3-5H2,1-2H3,(H2,11,15). The van der Waals surface area contributed by atoms with Crippen LogP contribution in [-0.2, 0) is 13.0 Å². The van der Waals surface area contributed by atoms with Crippen molar-refractivity contribution in [1.82, 2.24) is 14.9 Å². The summed E-state index contributed by atoms with van der Waals surface area (Å²) >= 11 is 0. The molecule has 0 spiro atoms. The number of nitrogens with two attached hydrogens (primary N) is 1. The lowest BCUT2D eigenvalue weighted by Crippen LogP contribution is -2.33. The number of aromatic nitrogens is 2. The molecule has 3 N–H and O–H groups in total. The van der Waals surface area contributed by atoms with Crippen LogP contribution in [0.5, 0.6) is 0 Å². The predicted octanol–water partition coefficient (Wildman–Crippen LogP) is 0.209. The number of nitrogens with zero attached hydrogens (tertiary/aromatic N) is 2. The van der Waals surface area contributed by atoms with Crippen molar-refractivity contribution in [2.45, 2.75) is 32.9 Å². The molecule has 0 saturated heterocycles. The molecule has 1 unspecified atom stereocenters. The average Bonchev–Trinajstić information content (AvgIpc) is 2.58. The molecule has 0 aromatic carbocycles. The summed E-state index contributed by atoms with van der Waals surface area (Å²) in [6.07, 6.45) is 0.824. The first-order chi connectivity index (χ1) is 7.15. The molecule has 2 rings (SSSR count). The number of primary amides is 1. The molecule has 5 nitrogen and oxygen atoms in total. The number of nitrogens with one attached hydrogen (secondary N) is 1. The smallest absolute Gasteiger partial charge is 0.269 e. The van der Waals surface area contributed by atoms with Crippen molar-refractivity contribution in [3.63, 3.8) is 0 Å². The van der Waals surface area contributed by atoms with Crippen LogP contribution in [0.15, 0.2) is 0 Å². The molecule has 15 heavy (non-hydrogen) atoms. The molecule has 2 heterocycles. The summed E-state index contributed by atoms with van der Waals surface area (Å²) in [5.74, 6) is 0.516. The summed E-state index contributed by atoms with van der Waals surface area (Å²) in [7, 11) is 0. The van der Waals surface area contributed by atoms with Crippen molar-refractivity contribution in [3.05, 3.63) is 17.2 Å². The van der Waals surface area contributed by atoms with Crippen LogP contribution in [0.2, 0.25) is 0 Å². The number of amides is 1. The van der Waals surface area contributed by atoms with Gasteiger partial charge in [0.15, 0.2) is 5.69 Å². The topological polar surface area (TPSA) is 72.9 Å². The SMILES string of the molecule is CCc1nc(C(N)=O)c2n1C(C)CNC2. The van der Waals surface area contributed by atoms with E-state index in [1.807, 2.05) is 6.92 Å². The van der Waals surface area contributed by atoms with Gasteiger partial charge in [-0.25, -0.2) is 4.98 Å². The van der Waals surface area contributed by atoms with Crippen molar-refractivity contribution in [1.29, 1.82) is 0 Å². The van der Waals surface area contributed by atoms with E-state index >= 15 is 0 Å². The number of hydrogen-bond donors (Lipinski definition) is 2. The Bertz CT molecular complexity index is 396. The van der Waals surface area contributed by atoms with E-state index in [0.717, 1.165) is 24.5 Å². The van der Waals surface area contributed by atoms with Crippen LogP contribution in [0.25, 0.3) is 0 Å². The summed E-state index contributed by atoms with van der Waals surface area (Å²) in [5, 5.41) is 3.25. The Kier molecular flexibility index (Phi) is 2.48. The molecule has 1 amide bonds. The zero-order valence-electron chi connectivity index (χ0n) is 9.08. The summed E-state index contributed by atoms with van der Waals surface area (Å²) < 4.78 is 2.14. The van der Waals surface area contributed by atoms with Crippen LogP contribution < -0.4 is 11.1 Å². The molecule has 82 valence electrons. The minimum atomic E-state index is -0.436. The maximum absolute atomic E-state index is 11.2. The number of hydrogen-bond acceptors (Lipinski definition) is 3. The second-order valence-electron chi connectivity index (χ2n) is 3.89. The van der Waals surface area contributed by atoms with Crippen molar-refractivity contribution in [2.75, 3.05) is 6.54 Å². The molecule has 0 radical (unpaired) electrons. The minimum absolute atomic E-state index is 0.337. The molecule has 1 aliphatic heterocycles. The second-order valence-corrected chi connectivity index (χ2v) is 3.89. The van der Waals surface area contributed by atoms with Gasteiger partial charge in [-0.05, 0) is 6.92 Å². The third-order valence-electron chi connectivity index (χ3n) is 2.81. The highest BCUT2D eigenvalue weighted by Gasteiger charge is 2.25. The highest BCUT2D eigenvalue weighted by Crippen LogP contribution is 2.21. The fourth-order valence-electron chi connectivity index (χ4n) is 2.14. The van der Waals surface area contributed by atoms with Crippen molar-refractivity contribution in [2.24, 2.45) is 5.73 Å². The maximum Gasteiger partial charge on any atom is 0.269 e. The first-order valence-corrected chi connectivity index (χ1v) is 5.25. The molecule has 1 aromatic heterocycles. The largest absolute Gasteiger partial charge is 0.364 e. The van der Waals surface area contributed by atoms with Gasteiger partial charge in [0.25, 0.3) is 5.91 Å². The van der Waals surface area contributed by atoms with Gasteiger partial charge >= 0.3 is 0 Å². The van der Waals surface area contributed by atoms with E-state index in [4.69, 9.17) is 5.73 Å². The summed E-state index contributed by atoms with van der Waals surface area (Å²) in [6.45, 7) is 5.74. The Morgan fingerprint density at radius 1 is 1.73 bits per heavy atom. The van der Waals surface area contributed by atoms with E-state index in [1.165, 1.54) is 0 Å². The number of fused-ring (bicyclic) bond motifs is 1. The van der Waals surface area contributed by atoms with Gasteiger partial charge in [0.2, 0.25) is 0 Å². The van der Waals surface area contributed by atoms with E-state index in [-0.39, 0.29) is 0 Å². The van der Waals surface area contributed by atoms with Crippen LogP contribution in [0, 0.1) is 0 Å². The Labute approximate surface area is 88.7 Å². The van der Waals surface area contributed by atoms with Crippen LogP contribution in [0.4, 0.5) is 0 Å². The van der Waals surface area contributed by atoms with Gasteiger partial charge in [-0.15, -0.1) is 0 Å². The van der Waals surface area contributed by atoms with E-state index < -0.39 is 5.91 Å². The van der Waals surface area contributed by atoms with Crippen LogP contribution in [-0.4, -0.2) is 22.0 Å². The molecule has 0 aliphatic carbocycles. The fraction of sp³-hybridized carbons (Fsp3) is 0.600. The lowest BCUT2D eigenvalue weighted by molar-refractivity contribution is 0.0994. The van der Waals surface area contributed by atoms with E-state index in [0.29, 0.717) is 18.3 Å². The highest BCUT2D eigenvalue weighted by molar-refractivity contribution is 5.92. The second kappa shape index (κ2) is 3.66. The molecule has 1 aromatic rings. The third-order valence-corrected chi connectivity index (χ3v) is 2.81. The molecule has 5 heteroatoms. The molecular weight excluding hydrogens is 192 g/mol. The van der Waals surface area contributed by atoms with Gasteiger partial charge in [0.1, 0.15) is 5.82 Å². The van der Waals surface area contributed by atoms with Crippen molar-refractivity contribution < 1.29 is 4.79 Å². The fourth-order valence-corrected chi connectivity index (χ4v) is 2.14. The molecular formula is C10H16N4O. The van der Waals surface area contributed by atoms with E-state index in [1.54, 1.807) is 0 Å². The van der Waals surface area contributed by atoms with E-state index in [2.05, 4.69) is 21.8 Å². The first kappa shape index (κ1) is 10.2. The lowest BCUT2D eigenvalue weighted by Gasteiger charge is -2.25. The summed E-state index contributed by atoms with van der Waals surface area (Å²) in [4.78, 5) is 15.5. The van der Waals surface area contributed by atoms with Crippen molar-refractivity contribution >= 4 is 5.91 Å². The molecule has 0 bridgehead atoms. The summed E-state index contributed by atoms with van der Waals surface area (Å²) in [5.41, 5.74) is 6.66. The van der Waals surface area contributed by atoms with Gasteiger partial charge in [-0.1, -0.05) is 6.92 Å². The molecule has 1 aliphatic rings. The number of imidazole rings is 1. The van der Waals surface area contributed by atoms with Crippen LogP contribution in [0.3, 0.4) is 0 Å². The van der Waals surface area contributed by atoms with Gasteiger partial charge < -0.3 is 15.6 Å². The van der Waals surface area contributed by atoms with Gasteiger partial charge in [0, 0.05) is 25.6 Å². The number of carbonyl (C=O) groups excluding carboxylic acids is 1. The number of rotatable bonds is 2. The molecule has 1 atom stereocenters. The van der Waals surface area contributed by atoms with E-state index in [9.17, 15) is 4.79 Å². The Morgan fingerprint density at radius 3 is 3.07 bits per heavy atom. The van der Waals surface area contributed by atoms with Gasteiger partial charge in [0.05, 0.1) is 5.69 Å².